The molecule has 1 saturated heterocycles. The molecule has 1 fully saturated rings. The van der Waals surface area contributed by atoms with Crippen LogP contribution in [0.3, 0.4) is 0 Å². The van der Waals surface area contributed by atoms with Gasteiger partial charge in [-0.25, -0.2) is 0 Å². The van der Waals surface area contributed by atoms with Gasteiger partial charge in [0.15, 0.2) is 0 Å². The first-order valence-corrected chi connectivity index (χ1v) is 7.18. The van der Waals surface area contributed by atoms with Gasteiger partial charge in [0.25, 0.3) is 0 Å². The van der Waals surface area contributed by atoms with Crippen molar-refractivity contribution in [2.75, 3.05) is 27.3 Å². The summed E-state index contributed by atoms with van der Waals surface area (Å²) in [6.45, 7) is 5.89. The van der Waals surface area contributed by atoms with E-state index in [9.17, 15) is 0 Å². The fourth-order valence-corrected chi connectivity index (χ4v) is 3.15. The fourth-order valence-electron chi connectivity index (χ4n) is 3.15. The average molecular weight is 278 g/mol. The minimum atomic E-state index is 0.0601. The van der Waals surface area contributed by atoms with Gasteiger partial charge in [0.1, 0.15) is 0 Å². The van der Waals surface area contributed by atoms with E-state index in [4.69, 9.17) is 15.2 Å². The summed E-state index contributed by atoms with van der Waals surface area (Å²) in [5.41, 5.74) is 8.78. The first-order valence-electron chi connectivity index (χ1n) is 7.18. The van der Waals surface area contributed by atoms with Crippen LogP contribution in [0.15, 0.2) is 24.3 Å². The minimum absolute atomic E-state index is 0.0601. The molecule has 1 heterocycles. The predicted molar refractivity (Wildman–Crippen MR) is 80.7 cm³/mol. The van der Waals surface area contributed by atoms with E-state index in [2.05, 4.69) is 43.0 Å². The molecule has 0 radical (unpaired) electrons. The summed E-state index contributed by atoms with van der Waals surface area (Å²) in [5.74, 6) is 0. The highest BCUT2D eigenvalue weighted by Crippen LogP contribution is 2.29. The molecule has 0 amide bonds. The Labute approximate surface area is 121 Å². The Morgan fingerprint density at radius 2 is 1.80 bits per heavy atom. The summed E-state index contributed by atoms with van der Waals surface area (Å²) in [5, 5.41) is 0. The van der Waals surface area contributed by atoms with Crippen molar-refractivity contribution in [3.8, 4) is 0 Å². The standard InChI is InChI=1S/C16H26N2O2/c1-11-6-5-7-13(8-11)16(12(2)17)18-9-14(19-3)15(10-18)20-4/h5-8,12,14-16H,9-10,17H2,1-4H3. The summed E-state index contributed by atoms with van der Waals surface area (Å²) in [6.07, 6.45) is 0.233. The largest absolute Gasteiger partial charge is 0.377 e. The Bertz CT molecular complexity index is 424. The zero-order valence-electron chi connectivity index (χ0n) is 12.9. The van der Waals surface area contributed by atoms with Crippen LogP contribution in [0.1, 0.15) is 24.1 Å². The number of hydrogen-bond acceptors (Lipinski definition) is 4. The maximum atomic E-state index is 6.25. The number of rotatable bonds is 5. The lowest BCUT2D eigenvalue weighted by molar-refractivity contribution is -0.00461. The molecule has 4 unspecified atom stereocenters. The van der Waals surface area contributed by atoms with Crippen molar-refractivity contribution in [1.29, 1.82) is 0 Å². The molecule has 1 aliphatic heterocycles. The summed E-state index contributed by atoms with van der Waals surface area (Å²) >= 11 is 0. The second kappa shape index (κ2) is 6.68. The van der Waals surface area contributed by atoms with Gasteiger partial charge >= 0.3 is 0 Å². The monoisotopic (exact) mass is 278 g/mol. The number of nitrogens with zero attached hydrogens (tertiary/aromatic N) is 1. The zero-order valence-corrected chi connectivity index (χ0v) is 12.9. The van der Waals surface area contributed by atoms with Crippen LogP contribution in [0, 0.1) is 6.92 Å². The SMILES string of the molecule is COC1CN(C(c2cccc(C)c2)C(C)N)CC1OC. The second-order valence-electron chi connectivity index (χ2n) is 5.72. The van der Waals surface area contributed by atoms with Gasteiger partial charge in [-0.2, -0.15) is 0 Å². The van der Waals surface area contributed by atoms with E-state index in [1.165, 1.54) is 11.1 Å². The van der Waals surface area contributed by atoms with Gasteiger partial charge in [-0.15, -0.1) is 0 Å². The van der Waals surface area contributed by atoms with Crippen LogP contribution in [0.25, 0.3) is 0 Å². The maximum absolute atomic E-state index is 6.25. The van der Waals surface area contributed by atoms with Crippen LogP contribution in [0.4, 0.5) is 0 Å². The van der Waals surface area contributed by atoms with Crippen LogP contribution in [0.5, 0.6) is 0 Å². The molecular formula is C16H26N2O2. The Balaban J connectivity index is 2.22. The van der Waals surface area contributed by atoms with Crippen molar-refractivity contribution in [2.24, 2.45) is 5.73 Å². The number of hydrogen-bond donors (Lipinski definition) is 1. The summed E-state index contributed by atoms with van der Waals surface area (Å²) < 4.78 is 11.1. The molecule has 0 bridgehead atoms. The predicted octanol–water partition coefficient (Wildman–Crippen LogP) is 1.73. The quantitative estimate of drug-likeness (QED) is 0.891. The van der Waals surface area contributed by atoms with Crippen LogP contribution >= 0.6 is 0 Å². The number of aryl methyl sites for hydroxylation is 1. The third-order valence-corrected chi connectivity index (χ3v) is 4.12. The van der Waals surface area contributed by atoms with Gasteiger partial charge in [-0.3, -0.25) is 4.90 Å². The lowest BCUT2D eigenvalue weighted by Crippen LogP contribution is -2.39. The van der Waals surface area contributed by atoms with E-state index >= 15 is 0 Å². The molecule has 0 spiro atoms. The average Bonchev–Trinajstić information content (AvgIpc) is 2.81. The third-order valence-electron chi connectivity index (χ3n) is 4.12. The number of methoxy groups -OCH3 is 2. The van der Waals surface area contributed by atoms with Crippen molar-refractivity contribution in [3.63, 3.8) is 0 Å². The minimum Gasteiger partial charge on any atom is -0.377 e. The molecule has 2 N–H and O–H groups in total. The van der Waals surface area contributed by atoms with Crippen LogP contribution in [0.2, 0.25) is 0 Å². The molecule has 4 atom stereocenters. The van der Waals surface area contributed by atoms with Crippen molar-refractivity contribution in [1.82, 2.24) is 4.90 Å². The molecule has 1 aromatic rings. The lowest BCUT2D eigenvalue weighted by atomic mass is 9.98. The molecule has 1 aliphatic rings. The molecule has 112 valence electrons. The van der Waals surface area contributed by atoms with Crippen LogP contribution in [-0.2, 0) is 9.47 Å². The molecule has 0 saturated carbocycles. The Kier molecular flexibility index (Phi) is 5.16. The molecule has 4 nitrogen and oxygen atoms in total. The first-order chi connectivity index (χ1) is 9.56. The number of ether oxygens (including phenoxy) is 2. The summed E-state index contributed by atoms with van der Waals surface area (Å²) in [4.78, 5) is 2.38. The van der Waals surface area contributed by atoms with E-state index in [0.717, 1.165) is 13.1 Å². The lowest BCUT2D eigenvalue weighted by Gasteiger charge is -2.31. The highest BCUT2D eigenvalue weighted by Gasteiger charge is 2.38. The second-order valence-corrected chi connectivity index (χ2v) is 5.72. The van der Waals surface area contributed by atoms with Crippen LogP contribution in [-0.4, -0.2) is 50.5 Å². The number of benzene rings is 1. The van der Waals surface area contributed by atoms with E-state index < -0.39 is 0 Å². The van der Waals surface area contributed by atoms with Gasteiger partial charge < -0.3 is 15.2 Å². The van der Waals surface area contributed by atoms with E-state index in [0.29, 0.717) is 0 Å². The first kappa shape index (κ1) is 15.4. The Morgan fingerprint density at radius 3 is 2.25 bits per heavy atom. The van der Waals surface area contributed by atoms with Gasteiger partial charge in [0.2, 0.25) is 0 Å². The molecule has 1 aromatic carbocycles. The van der Waals surface area contributed by atoms with E-state index in [-0.39, 0.29) is 24.3 Å². The zero-order chi connectivity index (χ0) is 14.7. The topological polar surface area (TPSA) is 47.7 Å². The van der Waals surface area contributed by atoms with Crippen molar-refractivity contribution >= 4 is 0 Å². The van der Waals surface area contributed by atoms with Crippen molar-refractivity contribution in [3.05, 3.63) is 35.4 Å². The highest BCUT2D eigenvalue weighted by atomic mass is 16.5. The van der Waals surface area contributed by atoms with Gasteiger partial charge in [0, 0.05) is 39.4 Å². The molecular weight excluding hydrogens is 252 g/mol. The normalized spacial score (nSPS) is 26.6. The molecule has 0 aliphatic carbocycles. The van der Waals surface area contributed by atoms with Crippen molar-refractivity contribution in [2.45, 2.75) is 38.1 Å². The summed E-state index contributed by atoms with van der Waals surface area (Å²) in [6, 6.07) is 8.84. The molecule has 4 heteroatoms. The molecule has 0 aromatic heterocycles. The van der Waals surface area contributed by atoms with Gasteiger partial charge in [-0.1, -0.05) is 29.8 Å². The van der Waals surface area contributed by atoms with Gasteiger partial charge in [-0.05, 0) is 19.4 Å². The van der Waals surface area contributed by atoms with Crippen molar-refractivity contribution < 1.29 is 9.47 Å². The summed E-state index contributed by atoms with van der Waals surface area (Å²) in [7, 11) is 3.49. The Morgan fingerprint density at radius 1 is 1.20 bits per heavy atom. The van der Waals surface area contributed by atoms with E-state index in [1.54, 1.807) is 14.2 Å². The Hall–Kier alpha value is -0.940. The smallest absolute Gasteiger partial charge is 0.0972 e. The number of likely N-dealkylation sites (tertiary alicyclic amines) is 1. The molecule has 20 heavy (non-hydrogen) atoms. The number of nitrogens with two attached hydrogens (primary N) is 1. The van der Waals surface area contributed by atoms with E-state index in [1.807, 2.05) is 0 Å². The van der Waals surface area contributed by atoms with Crippen LogP contribution < -0.4 is 5.73 Å². The fraction of sp³-hybridized carbons (Fsp3) is 0.625. The van der Waals surface area contributed by atoms with Gasteiger partial charge in [0.05, 0.1) is 12.2 Å². The highest BCUT2D eigenvalue weighted by molar-refractivity contribution is 5.26. The molecule has 2 rings (SSSR count). The maximum Gasteiger partial charge on any atom is 0.0972 e. The third kappa shape index (κ3) is 3.20.